The van der Waals surface area contributed by atoms with Gasteiger partial charge in [0.2, 0.25) is 0 Å². The van der Waals surface area contributed by atoms with Crippen LogP contribution >= 0.6 is 0 Å². The van der Waals surface area contributed by atoms with E-state index in [4.69, 9.17) is 11.0 Å². The number of nitriles is 1. The molecule has 0 amide bonds. The van der Waals surface area contributed by atoms with Gasteiger partial charge in [0, 0.05) is 19.0 Å². The lowest BCUT2D eigenvalue weighted by Crippen LogP contribution is -2.13. The van der Waals surface area contributed by atoms with Crippen molar-refractivity contribution < 1.29 is 8.42 Å². The molecular formula is C15H15N3O2S. The summed E-state index contributed by atoms with van der Waals surface area (Å²) < 4.78 is 23.4. The van der Waals surface area contributed by atoms with Gasteiger partial charge < -0.3 is 10.6 Å². The number of nitrogen functional groups attached to an aromatic ring is 1. The smallest absolute Gasteiger partial charge is 0.177 e. The van der Waals surface area contributed by atoms with E-state index in [1.165, 1.54) is 6.07 Å². The van der Waals surface area contributed by atoms with E-state index in [0.717, 1.165) is 11.9 Å². The Labute approximate surface area is 124 Å². The Kier molecular flexibility index (Phi) is 3.87. The molecule has 108 valence electrons. The molecule has 6 heteroatoms. The third-order valence-corrected chi connectivity index (χ3v) is 4.34. The van der Waals surface area contributed by atoms with Crippen LogP contribution in [0.15, 0.2) is 47.4 Å². The lowest BCUT2D eigenvalue weighted by molar-refractivity contribution is 0.602. The number of benzene rings is 2. The molecule has 2 rings (SSSR count). The number of anilines is 3. The van der Waals surface area contributed by atoms with Crippen molar-refractivity contribution in [2.75, 3.05) is 23.9 Å². The van der Waals surface area contributed by atoms with Gasteiger partial charge in [0.15, 0.2) is 9.84 Å². The molecule has 2 aromatic rings. The molecule has 0 heterocycles. The number of hydrogen-bond donors (Lipinski definition) is 1. The van der Waals surface area contributed by atoms with E-state index in [-0.39, 0.29) is 10.6 Å². The Hall–Kier alpha value is -2.52. The molecule has 0 atom stereocenters. The normalized spacial score (nSPS) is 10.9. The van der Waals surface area contributed by atoms with Gasteiger partial charge in [-0.3, -0.25) is 0 Å². The largest absolute Gasteiger partial charge is 0.396 e. The van der Waals surface area contributed by atoms with E-state index in [1.807, 2.05) is 0 Å². The number of hydrogen-bond acceptors (Lipinski definition) is 5. The summed E-state index contributed by atoms with van der Waals surface area (Å²) in [6.45, 7) is 0. The minimum Gasteiger partial charge on any atom is -0.396 e. The molecule has 2 N–H and O–H groups in total. The summed E-state index contributed by atoms with van der Waals surface area (Å²) in [4.78, 5) is 1.89. The molecule has 0 aliphatic heterocycles. The Morgan fingerprint density at radius 3 is 2.29 bits per heavy atom. The minimum atomic E-state index is -3.38. The molecule has 0 saturated heterocycles. The van der Waals surface area contributed by atoms with Gasteiger partial charge in [0.1, 0.15) is 0 Å². The van der Waals surface area contributed by atoms with E-state index in [1.54, 1.807) is 48.3 Å². The van der Waals surface area contributed by atoms with Gasteiger partial charge in [-0.2, -0.15) is 5.26 Å². The third-order valence-electron chi connectivity index (χ3n) is 3.19. The second kappa shape index (κ2) is 5.46. The maximum atomic E-state index is 11.7. The highest BCUT2D eigenvalue weighted by Gasteiger charge is 2.16. The number of nitrogens with zero attached hydrogens (tertiary/aromatic N) is 2. The molecule has 0 spiro atoms. The Morgan fingerprint density at radius 1 is 1.14 bits per heavy atom. The first-order valence-electron chi connectivity index (χ1n) is 6.17. The fourth-order valence-corrected chi connectivity index (χ4v) is 2.88. The minimum absolute atomic E-state index is 0.112. The molecule has 0 fully saturated rings. The molecule has 0 saturated carbocycles. The number of rotatable bonds is 3. The fraction of sp³-hybridized carbons (Fsp3) is 0.133. The van der Waals surface area contributed by atoms with Crippen molar-refractivity contribution in [1.82, 2.24) is 0 Å². The van der Waals surface area contributed by atoms with Crippen LogP contribution in [0.2, 0.25) is 0 Å². The van der Waals surface area contributed by atoms with Crippen molar-refractivity contribution in [2.24, 2.45) is 0 Å². The van der Waals surface area contributed by atoms with Crippen molar-refractivity contribution in [1.29, 1.82) is 5.26 Å². The molecule has 21 heavy (non-hydrogen) atoms. The van der Waals surface area contributed by atoms with Gasteiger partial charge in [-0.1, -0.05) is 6.07 Å². The van der Waals surface area contributed by atoms with E-state index >= 15 is 0 Å². The topological polar surface area (TPSA) is 87.2 Å². The number of nitrogens with two attached hydrogens (primary N) is 1. The van der Waals surface area contributed by atoms with Crippen LogP contribution in [0.3, 0.4) is 0 Å². The van der Waals surface area contributed by atoms with Crippen molar-refractivity contribution in [2.45, 2.75) is 4.90 Å². The van der Waals surface area contributed by atoms with Crippen LogP contribution in [-0.2, 0) is 9.84 Å². The molecule has 0 aliphatic rings. The van der Waals surface area contributed by atoms with E-state index < -0.39 is 9.84 Å². The third kappa shape index (κ3) is 2.98. The quantitative estimate of drug-likeness (QED) is 0.879. The van der Waals surface area contributed by atoms with Gasteiger partial charge >= 0.3 is 0 Å². The average molecular weight is 301 g/mol. The molecule has 2 aromatic carbocycles. The zero-order valence-corrected chi connectivity index (χ0v) is 12.6. The summed E-state index contributed by atoms with van der Waals surface area (Å²) in [7, 11) is -1.59. The molecule has 5 nitrogen and oxygen atoms in total. The molecule has 0 bridgehead atoms. The zero-order chi connectivity index (χ0) is 15.6. The Balaban J connectivity index is 2.49. The zero-order valence-electron chi connectivity index (χ0n) is 11.7. The van der Waals surface area contributed by atoms with Crippen molar-refractivity contribution in [3.05, 3.63) is 48.0 Å². The fourth-order valence-electron chi connectivity index (χ4n) is 2.05. The van der Waals surface area contributed by atoms with Crippen LogP contribution in [0.1, 0.15) is 5.56 Å². The van der Waals surface area contributed by atoms with Crippen molar-refractivity contribution >= 4 is 26.9 Å². The first-order chi connectivity index (χ1) is 9.84. The summed E-state index contributed by atoms with van der Waals surface area (Å²) in [5.41, 5.74) is 8.18. The first-order valence-corrected chi connectivity index (χ1v) is 8.06. The number of para-hydroxylation sites is 1. The molecule has 0 unspecified atom stereocenters. The maximum absolute atomic E-state index is 11.7. The molecule has 0 aliphatic carbocycles. The highest BCUT2D eigenvalue weighted by molar-refractivity contribution is 7.90. The van der Waals surface area contributed by atoms with Gasteiger partial charge in [0.25, 0.3) is 0 Å². The summed E-state index contributed by atoms with van der Waals surface area (Å²) >= 11 is 0. The Bertz CT molecular complexity index is 806. The van der Waals surface area contributed by atoms with Gasteiger partial charge in [-0.15, -0.1) is 0 Å². The van der Waals surface area contributed by atoms with Crippen molar-refractivity contribution in [3.8, 4) is 6.07 Å². The molecule has 0 radical (unpaired) electrons. The van der Waals surface area contributed by atoms with E-state index in [2.05, 4.69) is 6.07 Å². The molecular weight excluding hydrogens is 286 g/mol. The Morgan fingerprint density at radius 2 is 1.76 bits per heavy atom. The predicted octanol–water partition coefficient (Wildman–Crippen LogP) is 2.31. The summed E-state index contributed by atoms with van der Waals surface area (Å²) in [5, 5.41) is 8.80. The predicted molar refractivity (Wildman–Crippen MR) is 83.2 cm³/mol. The lowest BCUT2D eigenvalue weighted by Gasteiger charge is -2.22. The van der Waals surface area contributed by atoms with Crippen LogP contribution < -0.4 is 10.6 Å². The number of sulfone groups is 1. The van der Waals surface area contributed by atoms with Gasteiger partial charge in [0.05, 0.1) is 27.9 Å². The van der Waals surface area contributed by atoms with Gasteiger partial charge in [-0.25, -0.2) is 8.42 Å². The van der Waals surface area contributed by atoms with Crippen LogP contribution in [0.4, 0.5) is 17.1 Å². The highest BCUT2D eigenvalue weighted by atomic mass is 32.2. The SMILES string of the molecule is CN(c1ccc(C#N)cc1)c1cccc(S(C)(=O)=O)c1N. The van der Waals surface area contributed by atoms with Gasteiger partial charge in [-0.05, 0) is 36.4 Å². The summed E-state index contributed by atoms with van der Waals surface area (Å²) in [6, 6.07) is 13.9. The van der Waals surface area contributed by atoms with E-state index in [0.29, 0.717) is 11.3 Å². The van der Waals surface area contributed by atoms with E-state index in [9.17, 15) is 8.42 Å². The molecule has 0 aromatic heterocycles. The van der Waals surface area contributed by atoms with Crippen LogP contribution in [0.5, 0.6) is 0 Å². The standard InChI is InChI=1S/C15H15N3O2S/c1-18(12-8-6-11(10-16)7-9-12)13-4-3-5-14(15(13)17)21(2,19)20/h3-9H,17H2,1-2H3. The monoisotopic (exact) mass is 301 g/mol. The van der Waals surface area contributed by atoms with Crippen LogP contribution in [0, 0.1) is 11.3 Å². The second-order valence-corrected chi connectivity index (χ2v) is 6.66. The lowest BCUT2D eigenvalue weighted by atomic mass is 10.2. The van der Waals surface area contributed by atoms with Crippen molar-refractivity contribution in [3.63, 3.8) is 0 Å². The maximum Gasteiger partial charge on any atom is 0.177 e. The average Bonchev–Trinajstić information content (AvgIpc) is 2.45. The highest BCUT2D eigenvalue weighted by Crippen LogP contribution is 2.33. The van der Waals surface area contributed by atoms with Crippen LogP contribution in [-0.4, -0.2) is 21.7 Å². The summed E-state index contributed by atoms with van der Waals surface area (Å²) in [6.07, 6.45) is 1.13. The van der Waals surface area contributed by atoms with Crippen LogP contribution in [0.25, 0.3) is 0 Å². The summed E-state index contributed by atoms with van der Waals surface area (Å²) in [5.74, 6) is 0. The first kappa shape index (κ1) is 14.9. The second-order valence-electron chi connectivity index (χ2n) is 4.68.